The van der Waals surface area contributed by atoms with E-state index in [1.54, 1.807) is 0 Å². The van der Waals surface area contributed by atoms with E-state index in [1.807, 2.05) is 7.05 Å². The highest BCUT2D eigenvalue weighted by Crippen LogP contribution is 2.28. The molecule has 0 unspecified atom stereocenters. The van der Waals surface area contributed by atoms with Crippen LogP contribution in [0, 0.1) is 0 Å². The third-order valence-corrected chi connectivity index (χ3v) is 3.13. The van der Waals surface area contributed by atoms with Gasteiger partial charge in [-0.1, -0.05) is 12.1 Å². The van der Waals surface area contributed by atoms with Gasteiger partial charge in [0.1, 0.15) is 0 Å². The molecule has 0 aromatic heterocycles. The lowest BCUT2D eigenvalue weighted by Crippen LogP contribution is -2.33. The normalized spacial score (nSPS) is 12.4. The van der Waals surface area contributed by atoms with Crippen LogP contribution in [0.3, 0.4) is 0 Å². The number of nitrogens with zero attached hydrogens (tertiary/aromatic N) is 1. The van der Waals surface area contributed by atoms with Crippen LogP contribution in [0.5, 0.6) is 0 Å². The third kappa shape index (κ3) is 5.61. The first kappa shape index (κ1) is 16.0. The lowest BCUT2D eigenvalue weighted by Gasteiger charge is -2.20. The summed E-state index contributed by atoms with van der Waals surface area (Å²) in [6.45, 7) is 6.56. The van der Waals surface area contributed by atoms with Crippen LogP contribution in [0.2, 0.25) is 0 Å². The Morgan fingerprint density at radius 1 is 1.16 bits per heavy atom. The first-order valence-corrected chi connectivity index (χ1v) is 6.38. The Bertz CT molecular complexity index is 371. The third-order valence-electron chi connectivity index (χ3n) is 3.13. The van der Waals surface area contributed by atoms with E-state index in [9.17, 15) is 13.2 Å². The monoisotopic (exact) mass is 274 g/mol. The van der Waals surface area contributed by atoms with Crippen LogP contribution in [0.15, 0.2) is 24.3 Å². The first-order chi connectivity index (χ1) is 8.80. The summed E-state index contributed by atoms with van der Waals surface area (Å²) in [6, 6.07) is 5.77. The smallest absolute Gasteiger partial charge is 0.311 e. The number of hydrogen-bond donors (Lipinski definition) is 1. The van der Waals surface area contributed by atoms with Crippen LogP contribution in [0.25, 0.3) is 0 Å². The molecule has 2 nitrogen and oxygen atoms in total. The predicted octanol–water partition coefficient (Wildman–Crippen LogP) is 3.14. The molecular formula is C14H21F3N2. The molecule has 0 bridgehead atoms. The number of alkyl halides is 3. The maximum atomic E-state index is 12.4. The van der Waals surface area contributed by atoms with Crippen LogP contribution in [-0.2, 0) is 12.7 Å². The summed E-state index contributed by atoms with van der Waals surface area (Å²) in [5, 5.41) is 3.22. The Labute approximate surface area is 112 Å². The molecule has 0 saturated carbocycles. The molecule has 0 saturated heterocycles. The number of hydrogen-bond acceptors (Lipinski definition) is 2. The minimum absolute atomic E-state index is 0.493. The van der Waals surface area contributed by atoms with Gasteiger partial charge in [-0.25, -0.2) is 0 Å². The average molecular weight is 274 g/mol. The average Bonchev–Trinajstić information content (AvgIpc) is 2.33. The molecule has 108 valence electrons. The molecule has 0 radical (unpaired) electrons. The molecule has 1 aromatic carbocycles. The summed E-state index contributed by atoms with van der Waals surface area (Å²) in [6.07, 6.45) is -4.26. The van der Waals surface area contributed by atoms with Gasteiger partial charge < -0.3 is 10.2 Å². The van der Waals surface area contributed by atoms with Crippen molar-refractivity contribution in [3.63, 3.8) is 0 Å². The lowest BCUT2D eigenvalue weighted by molar-refractivity contribution is -0.137. The maximum absolute atomic E-state index is 12.4. The molecule has 5 heteroatoms. The zero-order chi connectivity index (χ0) is 14.5. The number of nitrogens with one attached hydrogen (secondary N) is 1. The Morgan fingerprint density at radius 3 is 2.21 bits per heavy atom. The zero-order valence-electron chi connectivity index (χ0n) is 11.6. The van der Waals surface area contributed by atoms with Crippen LogP contribution in [0.4, 0.5) is 13.2 Å². The van der Waals surface area contributed by atoms with Crippen molar-refractivity contribution in [1.82, 2.24) is 10.2 Å². The second-order valence-electron chi connectivity index (χ2n) is 4.95. The summed E-state index contributed by atoms with van der Waals surface area (Å²) in [7, 11) is 2.05. The van der Waals surface area contributed by atoms with Gasteiger partial charge in [-0.3, -0.25) is 0 Å². The summed E-state index contributed by atoms with van der Waals surface area (Å²) < 4.78 is 37.1. The molecule has 1 aromatic rings. The topological polar surface area (TPSA) is 15.3 Å². The first-order valence-electron chi connectivity index (χ1n) is 6.38. The minimum atomic E-state index is -4.26. The van der Waals surface area contributed by atoms with E-state index < -0.39 is 11.7 Å². The van der Waals surface area contributed by atoms with E-state index in [1.165, 1.54) is 12.1 Å². The molecule has 1 rings (SSSR count). The van der Waals surface area contributed by atoms with Crippen LogP contribution < -0.4 is 5.32 Å². The van der Waals surface area contributed by atoms with E-state index >= 15 is 0 Å². The van der Waals surface area contributed by atoms with Gasteiger partial charge in [0, 0.05) is 25.7 Å². The Balaban J connectivity index is 2.35. The zero-order valence-corrected chi connectivity index (χ0v) is 11.6. The van der Waals surface area contributed by atoms with Crippen molar-refractivity contribution in [2.45, 2.75) is 32.6 Å². The highest BCUT2D eigenvalue weighted by Gasteiger charge is 2.29. The second-order valence-corrected chi connectivity index (χ2v) is 4.95. The fraction of sp³-hybridized carbons (Fsp3) is 0.571. The maximum Gasteiger partial charge on any atom is 0.416 e. The predicted molar refractivity (Wildman–Crippen MR) is 70.9 cm³/mol. The van der Waals surface area contributed by atoms with Crippen LogP contribution in [0.1, 0.15) is 25.0 Å². The summed E-state index contributed by atoms with van der Waals surface area (Å²) >= 11 is 0. The molecule has 0 amide bonds. The lowest BCUT2D eigenvalue weighted by atomic mass is 10.1. The van der Waals surface area contributed by atoms with E-state index in [2.05, 4.69) is 24.1 Å². The number of halogens is 3. The van der Waals surface area contributed by atoms with Crippen molar-refractivity contribution in [3.05, 3.63) is 35.4 Å². The standard InChI is InChI=1S/C14H21F3N2/c1-11(2)19(3)9-8-18-10-12-4-6-13(7-5-12)14(15,16)17/h4-7,11,18H,8-10H2,1-3H3. The molecule has 0 atom stereocenters. The van der Waals surface area contributed by atoms with Crippen molar-refractivity contribution >= 4 is 0 Å². The second kappa shape index (κ2) is 6.91. The fourth-order valence-electron chi connectivity index (χ4n) is 1.56. The van der Waals surface area contributed by atoms with Gasteiger partial charge in [0.15, 0.2) is 0 Å². The molecule has 0 aliphatic rings. The Morgan fingerprint density at radius 2 is 1.74 bits per heavy atom. The Hall–Kier alpha value is -1.07. The molecule has 0 spiro atoms. The Kier molecular flexibility index (Phi) is 5.82. The van der Waals surface area contributed by atoms with E-state index in [4.69, 9.17) is 0 Å². The summed E-state index contributed by atoms with van der Waals surface area (Å²) in [5.41, 5.74) is 0.260. The molecule has 0 aliphatic heterocycles. The van der Waals surface area contributed by atoms with E-state index in [0.29, 0.717) is 12.6 Å². The van der Waals surface area contributed by atoms with Crippen molar-refractivity contribution < 1.29 is 13.2 Å². The molecule has 0 aliphatic carbocycles. The van der Waals surface area contributed by atoms with Gasteiger partial charge in [-0.15, -0.1) is 0 Å². The molecule has 0 heterocycles. The van der Waals surface area contributed by atoms with Gasteiger partial charge in [0.25, 0.3) is 0 Å². The largest absolute Gasteiger partial charge is 0.416 e. The van der Waals surface area contributed by atoms with Gasteiger partial charge in [0.2, 0.25) is 0 Å². The summed E-state index contributed by atoms with van der Waals surface area (Å²) in [5.74, 6) is 0. The highest BCUT2D eigenvalue weighted by molar-refractivity contribution is 5.24. The van der Waals surface area contributed by atoms with Crippen molar-refractivity contribution in [2.75, 3.05) is 20.1 Å². The van der Waals surface area contributed by atoms with Gasteiger partial charge >= 0.3 is 6.18 Å². The number of likely N-dealkylation sites (N-methyl/N-ethyl adjacent to an activating group) is 1. The van der Waals surface area contributed by atoms with Crippen LogP contribution in [-0.4, -0.2) is 31.1 Å². The molecular weight excluding hydrogens is 253 g/mol. The number of rotatable bonds is 6. The molecule has 0 fully saturated rings. The van der Waals surface area contributed by atoms with Gasteiger partial charge in [-0.05, 0) is 38.6 Å². The molecule has 19 heavy (non-hydrogen) atoms. The van der Waals surface area contributed by atoms with Gasteiger partial charge in [0.05, 0.1) is 5.56 Å². The van der Waals surface area contributed by atoms with Crippen LogP contribution >= 0.6 is 0 Å². The van der Waals surface area contributed by atoms with Gasteiger partial charge in [-0.2, -0.15) is 13.2 Å². The SMILES string of the molecule is CC(C)N(C)CCNCc1ccc(C(F)(F)F)cc1. The van der Waals surface area contributed by atoms with E-state index in [-0.39, 0.29) is 0 Å². The summed E-state index contributed by atoms with van der Waals surface area (Å²) in [4.78, 5) is 2.21. The minimum Gasteiger partial charge on any atom is -0.311 e. The highest BCUT2D eigenvalue weighted by atomic mass is 19.4. The fourth-order valence-corrected chi connectivity index (χ4v) is 1.56. The quantitative estimate of drug-likeness (QED) is 0.802. The van der Waals surface area contributed by atoms with Crippen molar-refractivity contribution in [1.29, 1.82) is 0 Å². The number of benzene rings is 1. The van der Waals surface area contributed by atoms with Crippen molar-refractivity contribution in [3.8, 4) is 0 Å². The van der Waals surface area contributed by atoms with Crippen molar-refractivity contribution in [2.24, 2.45) is 0 Å². The van der Waals surface area contributed by atoms with E-state index in [0.717, 1.165) is 30.8 Å². The molecule has 1 N–H and O–H groups in total.